The Bertz CT molecular complexity index is 364. The van der Waals surface area contributed by atoms with Gasteiger partial charge in [0.15, 0.2) is 11.6 Å². The van der Waals surface area contributed by atoms with Crippen LogP contribution in [0.4, 0.5) is 17.6 Å². The molecule has 0 aromatic heterocycles. The molecule has 0 radical (unpaired) electrons. The fourth-order valence-corrected chi connectivity index (χ4v) is 1.45. The highest BCUT2D eigenvalue weighted by Crippen LogP contribution is 2.39. The van der Waals surface area contributed by atoms with Gasteiger partial charge in [-0.1, -0.05) is 12.1 Å². The van der Waals surface area contributed by atoms with Gasteiger partial charge < -0.3 is 10.5 Å². The summed E-state index contributed by atoms with van der Waals surface area (Å²) in [5.74, 6) is -3.16. The van der Waals surface area contributed by atoms with Gasteiger partial charge in [-0.3, -0.25) is 0 Å². The lowest BCUT2D eigenvalue weighted by Gasteiger charge is -2.21. The first-order valence-corrected chi connectivity index (χ1v) is 4.51. The first kappa shape index (κ1) is 12.8. The van der Waals surface area contributed by atoms with Crippen molar-refractivity contribution in [2.75, 3.05) is 13.7 Å². The van der Waals surface area contributed by atoms with Gasteiger partial charge in [0.05, 0.1) is 13.0 Å². The lowest BCUT2D eigenvalue weighted by atomic mass is 9.97. The maximum atomic E-state index is 13.2. The van der Waals surface area contributed by atoms with Gasteiger partial charge in [-0.25, -0.2) is 4.39 Å². The summed E-state index contributed by atoms with van der Waals surface area (Å²) in [5.41, 5.74) is 4.79. The number of hydrogen-bond acceptors (Lipinski definition) is 2. The maximum Gasteiger partial charge on any atom is 0.397 e. The van der Waals surface area contributed by atoms with Crippen molar-refractivity contribution in [1.82, 2.24) is 0 Å². The highest BCUT2D eigenvalue weighted by molar-refractivity contribution is 5.38. The predicted octanol–water partition coefficient (Wildman–Crippen LogP) is 2.44. The molecule has 1 rings (SSSR count). The Morgan fingerprint density at radius 1 is 1.38 bits per heavy atom. The number of alkyl halides is 3. The minimum Gasteiger partial charge on any atom is -0.493 e. The first-order chi connectivity index (χ1) is 7.41. The van der Waals surface area contributed by atoms with E-state index in [-0.39, 0.29) is 5.56 Å². The summed E-state index contributed by atoms with van der Waals surface area (Å²) in [5, 5.41) is 0. The van der Waals surface area contributed by atoms with Crippen molar-refractivity contribution in [3.05, 3.63) is 29.6 Å². The second-order valence-electron chi connectivity index (χ2n) is 3.19. The van der Waals surface area contributed by atoms with Gasteiger partial charge in [0.25, 0.3) is 0 Å². The fourth-order valence-electron chi connectivity index (χ4n) is 1.45. The van der Waals surface area contributed by atoms with Gasteiger partial charge >= 0.3 is 6.18 Å². The molecule has 0 spiro atoms. The zero-order valence-corrected chi connectivity index (χ0v) is 8.51. The molecular formula is C10H11F4NO. The summed E-state index contributed by atoms with van der Waals surface area (Å²) >= 11 is 0. The highest BCUT2D eigenvalue weighted by atomic mass is 19.4. The van der Waals surface area contributed by atoms with E-state index in [1.807, 2.05) is 0 Å². The molecule has 2 nitrogen and oxygen atoms in total. The van der Waals surface area contributed by atoms with Crippen molar-refractivity contribution in [2.45, 2.75) is 12.1 Å². The number of halogens is 4. The van der Waals surface area contributed by atoms with E-state index in [1.54, 1.807) is 0 Å². The third kappa shape index (κ3) is 2.44. The number of rotatable bonds is 3. The monoisotopic (exact) mass is 237 g/mol. The molecule has 0 saturated carbocycles. The Labute approximate surface area is 90.0 Å². The molecule has 0 fully saturated rings. The van der Waals surface area contributed by atoms with Crippen LogP contribution >= 0.6 is 0 Å². The Morgan fingerprint density at radius 3 is 2.44 bits per heavy atom. The summed E-state index contributed by atoms with van der Waals surface area (Å²) < 4.78 is 55.6. The van der Waals surface area contributed by atoms with Crippen molar-refractivity contribution in [3.63, 3.8) is 0 Å². The lowest BCUT2D eigenvalue weighted by molar-refractivity contribution is -0.148. The molecule has 0 amide bonds. The Balaban J connectivity index is 3.25. The van der Waals surface area contributed by atoms with Crippen molar-refractivity contribution >= 4 is 0 Å². The highest BCUT2D eigenvalue weighted by Gasteiger charge is 2.41. The molecule has 0 saturated heterocycles. The van der Waals surface area contributed by atoms with Crippen molar-refractivity contribution in [1.29, 1.82) is 0 Å². The van der Waals surface area contributed by atoms with Crippen LogP contribution in [0.3, 0.4) is 0 Å². The summed E-state index contributed by atoms with van der Waals surface area (Å²) in [6.07, 6.45) is -4.52. The predicted molar refractivity (Wildman–Crippen MR) is 50.8 cm³/mol. The summed E-state index contributed by atoms with van der Waals surface area (Å²) in [4.78, 5) is 0. The van der Waals surface area contributed by atoms with Gasteiger partial charge in [-0.15, -0.1) is 0 Å². The second kappa shape index (κ2) is 4.69. The summed E-state index contributed by atoms with van der Waals surface area (Å²) in [6, 6.07) is 3.39. The smallest absolute Gasteiger partial charge is 0.397 e. The van der Waals surface area contributed by atoms with E-state index < -0.39 is 30.2 Å². The van der Waals surface area contributed by atoms with Gasteiger partial charge in [-0.2, -0.15) is 13.2 Å². The van der Waals surface area contributed by atoms with E-state index in [0.29, 0.717) is 0 Å². The zero-order chi connectivity index (χ0) is 12.3. The standard InChI is InChI=1S/C10H11F4NO/c1-16-9-6(3-2-4-8(9)11)7(5-15)10(12,13)14/h2-4,7H,5,15H2,1H3. The van der Waals surface area contributed by atoms with Crippen LogP contribution in [0.5, 0.6) is 5.75 Å². The van der Waals surface area contributed by atoms with Crippen LogP contribution in [0.2, 0.25) is 0 Å². The third-order valence-corrected chi connectivity index (χ3v) is 2.21. The van der Waals surface area contributed by atoms with Crippen LogP contribution < -0.4 is 10.5 Å². The van der Waals surface area contributed by atoms with E-state index >= 15 is 0 Å². The Kier molecular flexibility index (Phi) is 3.74. The molecule has 1 atom stereocenters. The number of methoxy groups -OCH3 is 1. The molecule has 0 bridgehead atoms. The minimum absolute atomic E-state index is 0.280. The molecule has 0 heterocycles. The van der Waals surface area contributed by atoms with Crippen LogP contribution in [-0.2, 0) is 0 Å². The first-order valence-electron chi connectivity index (χ1n) is 4.51. The molecule has 90 valence electrons. The van der Waals surface area contributed by atoms with Crippen LogP contribution in [0.15, 0.2) is 18.2 Å². The molecule has 0 aliphatic rings. The van der Waals surface area contributed by atoms with Crippen molar-refractivity contribution in [3.8, 4) is 5.75 Å². The average molecular weight is 237 g/mol. The van der Waals surface area contributed by atoms with E-state index in [2.05, 4.69) is 4.74 Å². The molecule has 6 heteroatoms. The van der Waals surface area contributed by atoms with E-state index in [0.717, 1.165) is 19.2 Å². The third-order valence-electron chi connectivity index (χ3n) is 2.21. The SMILES string of the molecule is COc1c(F)cccc1C(CN)C(F)(F)F. The number of para-hydroxylation sites is 1. The maximum absolute atomic E-state index is 13.2. The normalized spacial score (nSPS) is 13.6. The summed E-state index contributed by atoms with van der Waals surface area (Å²) in [6.45, 7) is -0.649. The molecule has 0 aliphatic heterocycles. The van der Waals surface area contributed by atoms with Crippen molar-refractivity contribution in [2.24, 2.45) is 5.73 Å². The molecule has 1 aromatic rings. The molecule has 0 aliphatic carbocycles. The molecule has 1 unspecified atom stereocenters. The molecule has 1 aromatic carbocycles. The minimum atomic E-state index is -4.52. The van der Waals surface area contributed by atoms with Gasteiger partial charge in [0.1, 0.15) is 0 Å². The van der Waals surface area contributed by atoms with Crippen LogP contribution in [0, 0.1) is 5.82 Å². The van der Waals surface area contributed by atoms with Gasteiger partial charge in [-0.05, 0) is 6.07 Å². The fraction of sp³-hybridized carbons (Fsp3) is 0.400. The number of benzene rings is 1. The Morgan fingerprint density at radius 2 is 2.00 bits per heavy atom. The van der Waals surface area contributed by atoms with E-state index in [9.17, 15) is 17.6 Å². The van der Waals surface area contributed by atoms with E-state index in [1.165, 1.54) is 6.07 Å². The number of nitrogens with two attached hydrogens (primary N) is 1. The van der Waals surface area contributed by atoms with Gasteiger partial charge in [0, 0.05) is 12.1 Å². The topological polar surface area (TPSA) is 35.2 Å². The molecule has 16 heavy (non-hydrogen) atoms. The molecular weight excluding hydrogens is 226 g/mol. The average Bonchev–Trinajstić information content (AvgIpc) is 2.17. The Hall–Kier alpha value is -1.30. The van der Waals surface area contributed by atoms with Crippen molar-refractivity contribution < 1.29 is 22.3 Å². The zero-order valence-electron chi connectivity index (χ0n) is 8.51. The van der Waals surface area contributed by atoms with Crippen LogP contribution in [-0.4, -0.2) is 19.8 Å². The van der Waals surface area contributed by atoms with Gasteiger partial charge in [0.2, 0.25) is 0 Å². The largest absolute Gasteiger partial charge is 0.493 e. The number of hydrogen-bond donors (Lipinski definition) is 1. The van der Waals surface area contributed by atoms with E-state index in [4.69, 9.17) is 5.73 Å². The second-order valence-corrected chi connectivity index (χ2v) is 3.19. The summed E-state index contributed by atoms with van der Waals surface area (Å²) in [7, 11) is 1.12. The quantitative estimate of drug-likeness (QED) is 0.819. The van der Waals surface area contributed by atoms with Crippen LogP contribution in [0.1, 0.15) is 11.5 Å². The molecule has 2 N–H and O–H groups in total. The van der Waals surface area contributed by atoms with Crippen LogP contribution in [0.25, 0.3) is 0 Å². The number of ether oxygens (including phenoxy) is 1. The lowest BCUT2D eigenvalue weighted by Crippen LogP contribution is -2.28.